The first-order valence-electron chi connectivity index (χ1n) is 7.01. The van der Waals surface area contributed by atoms with Gasteiger partial charge in [0.15, 0.2) is 0 Å². The van der Waals surface area contributed by atoms with Crippen LogP contribution in [0.3, 0.4) is 0 Å². The lowest BCUT2D eigenvalue weighted by Crippen LogP contribution is -2.30. The molecule has 1 rings (SSSR count). The monoisotopic (exact) mass is 405 g/mol. The summed E-state index contributed by atoms with van der Waals surface area (Å²) < 4.78 is 97.5. The van der Waals surface area contributed by atoms with Crippen molar-refractivity contribution in [3.8, 4) is 0 Å². The Balaban J connectivity index is 2.87. The van der Waals surface area contributed by atoms with E-state index in [-0.39, 0.29) is 19.6 Å². The van der Waals surface area contributed by atoms with Gasteiger partial charge in [-0.3, -0.25) is 0 Å². The minimum absolute atomic E-state index is 0.129. The first-order valence-corrected chi connectivity index (χ1v) is 9.97. The molecule has 0 saturated heterocycles. The van der Waals surface area contributed by atoms with Gasteiger partial charge >= 0.3 is 5.51 Å². The molecule has 1 N–H and O–H groups in total. The summed E-state index contributed by atoms with van der Waals surface area (Å²) in [7, 11) is -8.74. The fourth-order valence-corrected chi connectivity index (χ4v) is 4.38. The number of hydrogen-bond acceptors (Lipinski definition) is 6. The predicted molar refractivity (Wildman–Crippen MR) is 82.2 cm³/mol. The molecule has 0 bridgehead atoms. The van der Waals surface area contributed by atoms with Gasteiger partial charge in [0.25, 0.3) is 9.84 Å². The molecule has 0 saturated carbocycles. The zero-order chi connectivity index (χ0) is 19.1. The molecule has 0 unspecified atom stereocenters. The maximum atomic E-state index is 12.7. The topological polar surface area (TPSA) is 98.8 Å². The van der Waals surface area contributed by atoms with Gasteiger partial charge in [0.05, 0.1) is 18.1 Å². The van der Waals surface area contributed by atoms with Crippen molar-refractivity contribution in [2.45, 2.75) is 21.7 Å². The third kappa shape index (κ3) is 5.92. The Morgan fingerprint density at radius 2 is 1.60 bits per heavy atom. The maximum Gasteiger partial charge on any atom is 0.501 e. The van der Waals surface area contributed by atoms with Gasteiger partial charge < -0.3 is 9.47 Å². The summed E-state index contributed by atoms with van der Waals surface area (Å²) in [5, 5.41) is 0. The van der Waals surface area contributed by atoms with E-state index in [1.807, 2.05) is 0 Å². The van der Waals surface area contributed by atoms with E-state index < -0.39 is 35.2 Å². The summed E-state index contributed by atoms with van der Waals surface area (Å²) in [5.41, 5.74) is -5.60. The van der Waals surface area contributed by atoms with E-state index in [1.165, 1.54) is 7.11 Å². The van der Waals surface area contributed by atoms with Crippen molar-refractivity contribution >= 4 is 19.9 Å². The van der Waals surface area contributed by atoms with Crippen LogP contribution in [0.1, 0.15) is 6.42 Å². The van der Waals surface area contributed by atoms with Crippen molar-refractivity contribution in [1.82, 2.24) is 4.72 Å². The van der Waals surface area contributed by atoms with Gasteiger partial charge in [-0.1, -0.05) is 12.1 Å². The Morgan fingerprint density at radius 1 is 1.00 bits per heavy atom. The van der Waals surface area contributed by atoms with Gasteiger partial charge in [-0.25, -0.2) is 21.6 Å². The molecule has 144 valence electrons. The normalized spacial score (nSPS) is 13.1. The van der Waals surface area contributed by atoms with Crippen molar-refractivity contribution < 1.29 is 39.5 Å². The van der Waals surface area contributed by atoms with Crippen LogP contribution in [0, 0.1) is 0 Å². The molecule has 7 nitrogen and oxygen atoms in total. The summed E-state index contributed by atoms with van der Waals surface area (Å²) in [6.07, 6.45) is 0.247. The number of halogens is 3. The highest BCUT2D eigenvalue weighted by atomic mass is 32.2. The standard InChI is InChI=1S/C13H18F3NO6S2/c1-22-9-10-23-8-4-7-17-25(20,21)12-6-3-2-5-11(12)24(18,19)13(14,15)16/h2-3,5-6,17H,4,7-10H2,1H3. The third-order valence-corrected chi connectivity index (χ3v) is 6.12. The molecule has 0 aliphatic rings. The smallest absolute Gasteiger partial charge is 0.382 e. The van der Waals surface area contributed by atoms with Gasteiger partial charge in [-0.15, -0.1) is 0 Å². The Morgan fingerprint density at radius 3 is 2.16 bits per heavy atom. The number of sulfonamides is 1. The van der Waals surface area contributed by atoms with Crippen LogP contribution in [0.5, 0.6) is 0 Å². The quantitative estimate of drug-likeness (QED) is 0.590. The van der Waals surface area contributed by atoms with E-state index >= 15 is 0 Å². The lowest BCUT2D eigenvalue weighted by atomic mass is 10.4. The van der Waals surface area contributed by atoms with Gasteiger partial charge in [-0.2, -0.15) is 13.2 Å². The first kappa shape index (κ1) is 21.8. The predicted octanol–water partition coefficient (Wildman–Crippen LogP) is 1.31. The van der Waals surface area contributed by atoms with Crippen LogP contribution >= 0.6 is 0 Å². The number of alkyl halides is 3. The maximum absolute atomic E-state index is 12.7. The molecule has 0 fully saturated rings. The van der Waals surface area contributed by atoms with Crippen LogP contribution in [-0.2, 0) is 29.3 Å². The Kier molecular flexibility index (Phi) is 7.81. The molecule has 0 aliphatic heterocycles. The molecule has 1 aromatic carbocycles. The molecule has 0 spiro atoms. The average molecular weight is 405 g/mol. The van der Waals surface area contributed by atoms with E-state index in [0.717, 1.165) is 18.2 Å². The number of hydrogen-bond donors (Lipinski definition) is 1. The van der Waals surface area contributed by atoms with Crippen LogP contribution in [-0.4, -0.2) is 55.8 Å². The average Bonchev–Trinajstić information content (AvgIpc) is 2.53. The van der Waals surface area contributed by atoms with E-state index in [0.29, 0.717) is 19.3 Å². The lowest BCUT2D eigenvalue weighted by Gasteiger charge is -2.13. The van der Waals surface area contributed by atoms with Crippen LogP contribution in [0.25, 0.3) is 0 Å². The number of benzene rings is 1. The molecule has 0 aliphatic carbocycles. The molecule has 12 heteroatoms. The largest absolute Gasteiger partial charge is 0.501 e. The van der Waals surface area contributed by atoms with E-state index in [4.69, 9.17) is 9.47 Å². The summed E-state index contributed by atoms with van der Waals surface area (Å²) >= 11 is 0. The van der Waals surface area contributed by atoms with Crippen molar-refractivity contribution in [1.29, 1.82) is 0 Å². The van der Waals surface area contributed by atoms with E-state index in [1.54, 1.807) is 0 Å². The van der Waals surface area contributed by atoms with Crippen molar-refractivity contribution in [3.05, 3.63) is 24.3 Å². The summed E-state index contributed by atoms with van der Waals surface area (Å²) in [6.45, 7) is 0.758. The van der Waals surface area contributed by atoms with Gasteiger partial charge in [0, 0.05) is 20.3 Å². The molecule has 0 aromatic heterocycles. The minimum atomic E-state index is -5.79. The van der Waals surface area contributed by atoms with Crippen LogP contribution in [0.4, 0.5) is 13.2 Å². The minimum Gasteiger partial charge on any atom is -0.382 e. The Hall–Kier alpha value is -1.21. The fourth-order valence-electron chi connectivity index (χ4n) is 1.72. The highest BCUT2D eigenvalue weighted by Gasteiger charge is 2.48. The molecule has 0 heterocycles. The van der Waals surface area contributed by atoms with Gasteiger partial charge in [0.2, 0.25) is 10.0 Å². The highest BCUT2D eigenvalue weighted by Crippen LogP contribution is 2.33. The SMILES string of the molecule is COCCOCCCNS(=O)(=O)c1ccccc1S(=O)(=O)C(F)(F)F. The van der Waals surface area contributed by atoms with Gasteiger partial charge in [-0.05, 0) is 18.6 Å². The van der Waals surface area contributed by atoms with Crippen molar-refractivity contribution in [3.63, 3.8) is 0 Å². The number of methoxy groups -OCH3 is 1. The summed E-state index contributed by atoms with van der Waals surface area (Å²) in [6, 6.07) is 3.56. The third-order valence-electron chi connectivity index (χ3n) is 2.92. The van der Waals surface area contributed by atoms with Crippen LogP contribution in [0.15, 0.2) is 34.1 Å². The first-order chi connectivity index (χ1) is 11.5. The second-order valence-electron chi connectivity index (χ2n) is 4.75. The lowest BCUT2D eigenvalue weighted by molar-refractivity contribution is -0.0437. The molecule has 0 radical (unpaired) electrons. The second-order valence-corrected chi connectivity index (χ2v) is 8.40. The zero-order valence-corrected chi connectivity index (χ0v) is 14.9. The number of sulfone groups is 1. The molecule has 1 aromatic rings. The number of nitrogens with one attached hydrogen (secondary N) is 1. The van der Waals surface area contributed by atoms with Crippen molar-refractivity contribution in [2.75, 3.05) is 33.5 Å². The Bertz CT molecular complexity index is 762. The van der Waals surface area contributed by atoms with Crippen LogP contribution in [0.2, 0.25) is 0 Å². The molecule has 0 atom stereocenters. The number of ether oxygens (including phenoxy) is 2. The molecule has 0 amide bonds. The van der Waals surface area contributed by atoms with Crippen molar-refractivity contribution in [2.24, 2.45) is 0 Å². The zero-order valence-electron chi connectivity index (χ0n) is 13.2. The van der Waals surface area contributed by atoms with E-state index in [9.17, 15) is 30.0 Å². The Labute approximate surface area is 144 Å². The molecular weight excluding hydrogens is 387 g/mol. The van der Waals surface area contributed by atoms with Crippen LogP contribution < -0.4 is 4.72 Å². The molecule has 25 heavy (non-hydrogen) atoms. The number of rotatable bonds is 10. The summed E-state index contributed by atoms with van der Waals surface area (Å²) in [4.78, 5) is -2.26. The van der Waals surface area contributed by atoms with Gasteiger partial charge in [0.1, 0.15) is 4.90 Å². The second kappa shape index (κ2) is 8.94. The highest BCUT2D eigenvalue weighted by molar-refractivity contribution is 7.94. The van der Waals surface area contributed by atoms with E-state index in [2.05, 4.69) is 4.72 Å². The molecular formula is C13H18F3NO6S2. The summed E-state index contributed by atoms with van der Waals surface area (Å²) in [5.74, 6) is 0. The fraction of sp³-hybridized carbons (Fsp3) is 0.538.